The third kappa shape index (κ3) is 2.97. The van der Waals surface area contributed by atoms with E-state index in [-0.39, 0.29) is 6.04 Å². The summed E-state index contributed by atoms with van der Waals surface area (Å²) in [6.45, 7) is 2.11. The molecule has 92 valence electrons. The van der Waals surface area contributed by atoms with Crippen LogP contribution in [0.2, 0.25) is 0 Å². The highest BCUT2D eigenvalue weighted by molar-refractivity contribution is 9.10. The van der Waals surface area contributed by atoms with Crippen LogP contribution in [0.5, 0.6) is 0 Å². The Morgan fingerprint density at radius 3 is 2.82 bits per heavy atom. The van der Waals surface area contributed by atoms with Crippen molar-refractivity contribution < 1.29 is 0 Å². The van der Waals surface area contributed by atoms with Gasteiger partial charge in [-0.3, -0.25) is 5.84 Å². The molecule has 0 spiro atoms. The molecule has 0 heterocycles. The maximum absolute atomic E-state index is 5.74. The van der Waals surface area contributed by atoms with Crippen molar-refractivity contribution in [2.75, 3.05) is 0 Å². The van der Waals surface area contributed by atoms with Crippen molar-refractivity contribution in [1.82, 2.24) is 5.43 Å². The number of nitrogens with two attached hydrogens (primary N) is 1. The van der Waals surface area contributed by atoms with E-state index < -0.39 is 0 Å². The average molecular weight is 295 g/mol. The Labute approximate surface area is 111 Å². The molecule has 1 aromatic rings. The number of rotatable bonds is 3. The molecule has 0 aliphatic heterocycles. The van der Waals surface area contributed by atoms with Crippen molar-refractivity contribution in [2.24, 2.45) is 5.84 Å². The Bertz CT molecular complexity index is 426. The topological polar surface area (TPSA) is 38.0 Å². The van der Waals surface area contributed by atoms with E-state index in [0.717, 1.165) is 10.9 Å². The van der Waals surface area contributed by atoms with Crippen LogP contribution in [0.25, 0.3) is 0 Å². The lowest BCUT2D eigenvalue weighted by atomic mass is 9.90. The molecule has 2 rings (SSSR count). The second kappa shape index (κ2) is 5.80. The number of nitrogens with one attached hydrogen (secondary N) is 1. The lowest BCUT2D eigenvalue weighted by molar-refractivity contribution is 0.564. The summed E-state index contributed by atoms with van der Waals surface area (Å²) in [6, 6.07) is 6.54. The van der Waals surface area contributed by atoms with Crippen molar-refractivity contribution in [3.63, 3.8) is 0 Å². The molecule has 0 saturated heterocycles. The van der Waals surface area contributed by atoms with Crippen LogP contribution < -0.4 is 11.3 Å². The molecular formula is C14H19BrN2. The fourth-order valence-electron chi connectivity index (χ4n) is 2.41. The van der Waals surface area contributed by atoms with Crippen LogP contribution in [0.1, 0.15) is 42.9 Å². The second-order valence-electron chi connectivity index (χ2n) is 4.65. The summed E-state index contributed by atoms with van der Waals surface area (Å²) in [7, 11) is 0. The number of hydrazine groups is 1. The van der Waals surface area contributed by atoms with E-state index in [4.69, 9.17) is 5.84 Å². The van der Waals surface area contributed by atoms with E-state index in [9.17, 15) is 0 Å². The number of benzene rings is 1. The fourth-order valence-corrected chi connectivity index (χ4v) is 2.88. The summed E-state index contributed by atoms with van der Waals surface area (Å²) in [5, 5.41) is 0. The van der Waals surface area contributed by atoms with Gasteiger partial charge in [-0.1, -0.05) is 45.3 Å². The summed E-state index contributed by atoms with van der Waals surface area (Å²) in [4.78, 5) is 0. The van der Waals surface area contributed by atoms with Gasteiger partial charge in [0.25, 0.3) is 0 Å². The van der Waals surface area contributed by atoms with Gasteiger partial charge in [-0.2, -0.15) is 0 Å². The van der Waals surface area contributed by atoms with E-state index in [1.54, 1.807) is 0 Å². The van der Waals surface area contributed by atoms with E-state index in [1.165, 1.54) is 36.0 Å². The van der Waals surface area contributed by atoms with Crippen LogP contribution in [0, 0.1) is 6.92 Å². The zero-order chi connectivity index (χ0) is 12.3. The summed E-state index contributed by atoms with van der Waals surface area (Å²) in [6.07, 6.45) is 7.23. The fraction of sp³-hybridized carbons (Fsp3) is 0.429. The molecule has 1 atom stereocenters. The molecule has 17 heavy (non-hydrogen) atoms. The smallest absolute Gasteiger partial charge is 0.0681 e. The van der Waals surface area contributed by atoms with Crippen molar-refractivity contribution in [2.45, 2.75) is 38.6 Å². The number of aryl methyl sites for hydroxylation is 1. The third-order valence-corrected chi connectivity index (χ3v) is 4.05. The molecule has 2 nitrogen and oxygen atoms in total. The van der Waals surface area contributed by atoms with E-state index >= 15 is 0 Å². The predicted octanol–water partition coefficient (Wildman–Crippen LogP) is 3.76. The first kappa shape index (κ1) is 12.8. The van der Waals surface area contributed by atoms with Crippen molar-refractivity contribution in [3.8, 4) is 0 Å². The van der Waals surface area contributed by atoms with Gasteiger partial charge in [0.15, 0.2) is 0 Å². The SMILES string of the molecule is Cc1ccc(Br)c(C(NN)C2=CCCCC2)c1. The largest absolute Gasteiger partial charge is 0.271 e. The number of halogens is 1. The maximum Gasteiger partial charge on any atom is 0.0681 e. The average Bonchev–Trinajstić information content (AvgIpc) is 2.36. The van der Waals surface area contributed by atoms with Crippen molar-refractivity contribution >= 4 is 15.9 Å². The van der Waals surface area contributed by atoms with Crippen molar-refractivity contribution in [1.29, 1.82) is 0 Å². The molecule has 0 fully saturated rings. The van der Waals surface area contributed by atoms with Gasteiger partial charge in [0.2, 0.25) is 0 Å². The normalized spacial score (nSPS) is 17.7. The molecule has 1 unspecified atom stereocenters. The van der Waals surface area contributed by atoms with Crippen molar-refractivity contribution in [3.05, 3.63) is 45.4 Å². The van der Waals surface area contributed by atoms with E-state index in [0.29, 0.717) is 0 Å². The van der Waals surface area contributed by atoms with Gasteiger partial charge in [0.05, 0.1) is 6.04 Å². The molecule has 1 aromatic carbocycles. The van der Waals surface area contributed by atoms with E-state index in [1.807, 2.05) is 0 Å². The Morgan fingerprint density at radius 2 is 2.18 bits per heavy atom. The van der Waals surface area contributed by atoms with Gasteiger partial charge in [-0.25, -0.2) is 5.43 Å². The summed E-state index contributed by atoms with van der Waals surface area (Å²) in [5.74, 6) is 5.74. The zero-order valence-electron chi connectivity index (χ0n) is 10.2. The molecule has 3 N–H and O–H groups in total. The molecule has 1 aliphatic rings. The standard InChI is InChI=1S/C14H19BrN2/c1-10-7-8-13(15)12(9-10)14(17-16)11-5-3-2-4-6-11/h5,7-9,14,17H,2-4,6,16H2,1H3. The molecule has 0 bridgehead atoms. The minimum absolute atomic E-state index is 0.143. The lowest BCUT2D eigenvalue weighted by Crippen LogP contribution is -2.30. The molecule has 0 saturated carbocycles. The van der Waals surface area contributed by atoms with E-state index in [2.05, 4.69) is 52.6 Å². The molecule has 0 amide bonds. The van der Waals surface area contributed by atoms with Gasteiger partial charge in [-0.15, -0.1) is 0 Å². The van der Waals surface area contributed by atoms with Crippen LogP contribution in [0.3, 0.4) is 0 Å². The van der Waals surface area contributed by atoms with Gasteiger partial charge in [0.1, 0.15) is 0 Å². The highest BCUT2D eigenvalue weighted by Crippen LogP contribution is 2.33. The Kier molecular flexibility index (Phi) is 4.37. The van der Waals surface area contributed by atoms with Crippen LogP contribution in [-0.4, -0.2) is 0 Å². The quantitative estimate of drug-likeness (QED) is 0.506. The number of hydrogen-bond acceptors (Lipinski definition) is 2. The third-order valence-electron chi connectivity index (χ3n) is 3.33. The predicted molar refractivity (Wildman–Crippen MR) is 75.5 cm³/mol. The lowest BCUT2D eigenvalue weighted by Gasteiger charge is -2.24. The van der Waals surface area contributed by atoms with Crippen LogP contribution in [-0.2, 0) is 0 Å². The molecular weight excluding hydrogens is 276 g/mol. The molecule has 0 aromatic heterocycles. The Morgan fingerprint density at radius 1 is 1.35 bits per heavy atom. The van der Waals surface area contributed by atoms with Gasteiger partial charge in [0, 0.05) is 4.47 Å². The highest BCUT2D eigenvalue weighted by atomic mass is 79.9. The Balaban J connectivity index is 2.34. The van der Waals surface area contributed by atoms with Crippen LogP contribution in [0.4, 0.5) is 0 Å². The zero-order valence-corrected chi connectivity index (χ0v) is 11.8. The van der Waals surface area contributed by atoms with Gasteiger partial charge < -0.3 is 0 Å². The monoisotopic (exact) mass is 294 g/mol. The van der Waals surface area contributed by atoms with Gasteiger partial charge >= 0.3 is 0 Å². The summed E-state index contributed by atoms with van der Waals surface area (Å²) in [5.41, 5.74) is 6.88. The highest BCUT2D eigenvalue weighted by Gasteiger charge is 2.19. The first-order valence-corrected chi connectivity index (χ1v) is 6.93. The maximum atomic E-state index is 5.74. The minimum atomic E-state index is 0.143. The molecule has 3 heteroatoms. The summed E-state index contributed by atoms with van der Waals surface area (Å²) >= 11 is 3.62. The second-order valence-corrected chi connectivity index (χ2v) is 5.50. The first-order chi connectivity index (χ1) is 8.22. The minimum Gasteiger partial charge on any atom is -0.271 e. The number of allylic oxidation sites excluding steroid dienone is 1. The first-order valence-electron chi connectivity index (χ1n) is 6.13. The van der Waals surface area contributed by atoms with Crippen LogP contribution in [0.15, 0.2) is 34.3 Å². The molecule has 0 radical (unpaired) electrons. The summed E-state index contributed by atoms with van der Waals surface area (Å²) < 4.78 is 1.12. The molecule has 1 aliphatic carbocycles. The van der Waals surface area contributed by atoms with Gasteiger partial charge in [-0.05, 0) is 44.2 Å². The van der Waals surface area contributed by atoms with Crippen LogP contribution >= 0.6 is 15.9 Å². The Hall–Kier alpha value is -0.640. The number of hydrogen-bond donors (Lipinski definition) is 2.